The largest absolute Gasteiger partial charge is 0.497 e. The van der Waals surface area contributed by atoms with Gasteiger partial charge in [-0.05, 0) is 54.1 Å². The van der Waals surface area contributed by atoms with Crippen LogP contribution in [-0.2, 0) is 17.9 Å². The monoisotopic (exact) mass is 403 g/mol. The number of aromatic nitrogens is 1. The van der Waals surface area contributed by atoms with E-state index in [0.717, 1.165) is 22.2 Å². The van der Waals surface area contributed by atoms with Gasteiger partial charge in [-0.3, -0.25) is 9.59 Å². The van der Waals surface area contributed by atoms with Gasteiger partial charge in [-0.15, -0.1) is 0 Å². The molecule has 7 nitrogen and oxygen atoms in total. The van der Waals surface area contributed by atoms with E-state index in [2.05, 4.69) is 10.6 Å². The Bertz CT molecular complexity index is 1160. The number of carbonyl (C=O) groups is 2. The topological polar surface area (TPSA) is 85.5 Å². The minimum Gasteiger partial charge on any atom is -0.497 e. The Morgan fingerprint density at radius 3 is 2.63 bits per heavy atom. The summed E-state index contributed by atoms with van der Waals surface area (Å²) in [7, 11) is 1.63. The molecule has 0 aliphatic rings. The molecule has 2 aromatic heterocycles. The lowest BCUT2D eigenvalue weighted by molar-refractivity contribution is -0.121. The molecular formula is C23H21N3O4. The molecule has 0 aliphatic heterocycles. The second kappa shape index (κ2) is 8.57. The van der Waals surface area contributed by atoms with Gasteiger partial charge in [-0.1, -0.05) is 12.1 Å². The van der Waals surface area contributed by atoms with Crippen molar-refractivity contribution in [2.24, 2.45) is 0 Å². The Morgan fingerprint density at radius 1 is 1.07 bits per heavy atom. The van der Waals surface area contributed by atoms with Crippen molar-refractivity contribution in [1.82, 2.24) is 9.88 Å². The fourth-order valence-corrected chi connectivity index (χ4v) is 3.16. The fraction of sp³-hybridized carbons (Fsp3) is 0.130. The number of rotatable bonds is 7. The van der Waals surface area contributed by atoms with Crippen LogP contribution in [0, 0.1) is 0 Å². The minimum atomic E-state index is -0.308. The summed E-state index contributed by atoms with van der Waals surface area (Å²) in [4.78, 5) is 24.4. The van der Waals surface area contributed by atoms with E-state index < -0.39 is 0 Å². The van der Waals surface area contributed by atoms with Crippen LogP contribution >= 0.6 is 0 Å². The maximum absolute atomic E-state index is 12.4. The van der Waals surface area contributed by atoms with Gasteiger partial charge in [0.2, 0.25) is 5.91 Å². The number of methoxy groups -OCH3 is 1. The van der Waals surface area contributed by atoms with Gasteiger partial charge in [0.15, 0.2) is 5.76 Å². The van der Waals surface area contributed by atoms with Gasteiger partial charge in [0.25, 0.3) is 5.91 Å². The van der Waals surface area contributed by atoms with E-state index in [1.165, 1.54) is 6.26 Å². The molecule has 152 valence electrons. The zero-order valence-electron chi connectivity index (χ0n) is 16.4. The highest BCUT2D eigenvalue weighted by Gasteiger charge is 2.09. The Labute approximate surface area is 173 Å². The van der Waals surface area contributed by atoms with Crippen LogP contribution < -0.4 is 15.4 Å². The van der Waals surface area contributed by atoms with Gasteiger partial charge in [0, 0.05) is 29.3 Å². The molecule has 0 saturated heterocycles. The van der Waals surface area contributed by atoms with Crippen molar-refractivity contribution in [2.75, 3.05) is 12.4 Å². The van der Waals surface area contributed by atoms with E-state index in [-0.39, 0.29) is 24.1 Å². The number of nitrogens with one attached hydrogen (secondary N) is 2. The van der Waals surface area contributed by atoms with Crippen molar-refractivity contribution < 1.29 is 18.7 Å². The number of nitrogens with zero attached hydrogens (tertiary/aromatic N) is 1. The van der Waals surface area contributed by atoms with Crippen molar-refractivity contribution in [3.8, 4) is 5.75 Å². The molecule has 0 bridgehead atoms. The zero-order chi connectivity index (χ0) is 20.9. The normalized spacial score (nSPS) is 10.7. The standard InChI is InChI=1S/C23H21N3O4/c1-29-19-8-9-20-17(13-19)10-11-26(20)15-22(27)24-14-16-4-6-18(7-5-16)25-23(28)21-3-2-12-30-21/h2-13H,14-15H2,1H3,(H,24,27)(H,25,28). The van der Waals surface area contributed by atoms with E-state index in [1.807, 2.05) is 47.2 Å². The van der Waals surface area contributed by atoms with Crippen LogP contribution in [0.1, 0.15) is 16.1 Å². The fourth-order valence-electron chi connectivity index (χ4n) is 3.16. The van der Waals surface area contributed by atoms with Crippen LogP contribution in [0.5, 0.6) is 5.75 Å². The molecule has 0 atom stereocenters. The molecule has 2 aromatic carbocycles. The third-order valence-corrected chi connectivity index (χ3v) is 4.74. The third-order valence-electron chi connectivity index (χ3n) is 4.74. The number of amides is 2. The molecule has 0 fully saturated rings. The first-order valence-electron chi connectivity index (χ1n) is 9.46. The number of hydrogen-bond donors (Lipinski definition) is 2. The van der Waals surface area contributed by atoms with Crippen molar-refractivity contribution in [3.63, 3.8) is 0 Å². The Kier molecular flexibility index (Phi) is 5.52. The van der Waals surface area contributed by atoms with E-state index in [4.69, 9.17) is 9.15 Å². The lowest BCUT2D eigenvalue weighted by Gasteiger charge is -2.09. The van der Waals surface area contributed by atoms with Gasteiger partial charge in [0.1, 0.15) is 12.3 Å². The van der Waals surface area contributed by atoms with Crippen LogP contribution in [0.2, 0.25) is 0 Å². The van der Waals surface area contributed by atoms with Crippen LogP contribution in [0.15, 0.2) is 77.5 Å². The van der Waals surface area contributed by atoms with Crippen LogP contribution in [0.3, 0.4) is 0 Å². The maximum atomic E-state index is 12.4. The summed E-state index contributed by atoms with van der Waals surface area (Å²) in [5, 5.41) is 6.70. The lowest BCUT2D eigenvalue weighted by atomic mass is 10.2. The first-order valence-corrected chi connectivity index (χ1v) is 9.46. The number of hydrogen-bond acceptors (Lipinski definition) is 4. The van der Waals surface area contributed by atoms with E-state index in [0.29, 0.717) is 12.2 Å². The van der Waals surface area contributed by atoms with Crippen LogP contribution in [-0.4, -0.2) is 23.5 Å². The van der Waals surface area contributed by atoms with Gasteiger partial charge < -0.3 is 24.4 Å². The predicted molar refractivity (Wildman–Crippen MR) is 113 cm³/mol. The Hall–Kier alpha value is -4.00. The molecule has 2 amide bonds. The van der Waals surface area contributed by atoms with Gasteiger partial charge in [0.05, 0.1) is 13.4 Å². The molecule has 2 N–H and O–H groups in total. The molecule has 0 unspecified atom stereocenters. The molecule has 0 aliphatic carbocycles. The molecule has 7 heteroatoms. The molecule has 0 radical (unpaired) electrons. The third kappa shape index (κ3) is 4.35. The average molecular weight is 403 g/mol. The van der Waals surface area contributed by atoms with Crippen LogP contribution in [0.4, 0.5) is 5.69 Å². The predicted octanol–water partition coefficient (Wildman–Crippen LogP) is 3.81. The minimum absolute atomic E-state index is 0.0847. The summed E-state index contributed by atoms with van der Waals surface area (Å²) in [5.41, 5.74) is 2.56. The summed E-state index contributed by atoms with van der Waals surface area (Å²) in [6.45, 7) is 0.630. The van der Waals surface area contributed by atoms with Crippen molar-refractivity contribution in [3.05, 3.63) is 84.4 Å². The SMILES string of the molecule is COc1ccc2c(ccn2CC(=O)NCc2ccc(NC(=O)c3ccco3)cc2)c1. The second-order valence-electron chi connectivity index (χ2n) is 6.77. The van der Waals surface area contributed by atoms with Crippen LogP contribution in [0.25, 0.3) is 10.9 Å². The number of ether oxygens (including phenoxy) is 1. The van der Waals surface area contributed by atoms with Crippen molar-refractivity contribution >= 4 is 28.4 Å². The summed E-state index contributed by atoms with van der Waals surface area (Å²) >= 11 is 0. The van der Waals surface area contributed by atoms with E-state index in [9.17, 15) is 9.59 Å². The maximum Gasteiger partial charge on any atom is 0.291 e. The van der Waals surface area contributed by atoms with Gasteiger partial charge in [-0.25, -0.2) is 0 Å². The quantitative estimate of drug-likeness (QED) is 0.491. The molecule has 2 heterocycles. The van der Waals surface area contributed by atoms with E-state index in [1.54, 1.807) is 31.4 Å². The molecule has 4 rings (SSSR count). The first kappa shape index (κ1) is 19.3. The molecule has 30 heavy (non-hydrogen) atoms. The highest BCUT2D eigenvalue weighted by molar-refractivity contribution is 6.02. The first-order chi connectivity index (χ1) is 14.6. The summed E-state index contributed by atoms with van der Waals surface area (Å²) in [5.74, 6) is 0.645. The van der Waals surface area contributed by atoms with Gasteiger partial charge in [-0.2, -0.15) is 0 Å². The number of fused-ring (bicyclic) bond motifs is 1. The zero-order valence-corrected chi connectivity index (χ0v) is 16.4. The highest BCUT2D eigenvalue weighted by Crippen LogP contribution is 2.21. The number of furan rings is 1. The number of anilines is 1. The van der Waals surface area contributed by atoms with E-state index >= 15 is 0 Å². The molecule has 0 saturated carbocycles. The summed E-state index contributed by atoms with van der Waals surface area (Å²) in [6, 6.07) is 18.3. The lowest BCUT2D eigenvalue weighted by Crippen LogP contribution is -2.26. The smallest absolute Gasteiger partial charge is 0.291 e. The Balaban J connectivity index is 1.31. The van der Waals surface area contributed by atoms with Gasteiger partial charge >= 0.3 is 0 Å². The van der Waals surface area contributed by atoms with Crippen molar-refractivity contribution in [1.29, 1.82) is 0 Å². The molecular weight excluding hydrogens is 382 g/mol. The number of benzene rings is 2. The van der Waals surface area contributed by atoms with Crippen molar-refractivity contribution in [2.45, 2.75) is 13.1 Å². The second-order valence-corrected chi connectivity index (χ2v) is 6.77. The molecule has 4 aromatic rings. The Morgan fingerprint density at radius 2 is 1.90 bits per heavy atom. The number of carbonyl (C=O) groups excluding carboxylic acids is 2. The highest BCUT2D eigenvalue weighted by atomic mass is 16.5. The summed E-state index contributed by atoms with van der Waals surface area (Å²) < 4.78 is 12.2. The average Bonchev–Trinajstić information content (AvgIpc) is 3.43. The summed E-state index contributed by atoms with van der Waals surface area (Å²) in [6.07, 6.45) is 3.34. The molecule has 0 spiro atoms.